The standard InChI is InChI=1S/C69H53N5/c1-68(2)58-23-13-11-21-52(58)54-36-30-47(39-60(54)68)56-41-62-63(42-57(56)48-31-37-55-53-22-12-14-24-59(53)69(3,4)61(55)40-48)72-67(66(71-62)45-17-7-5-8-18-45)46-28-34-51(35-29-46)74(49-19-9-6-10-20-49)50-32-26-44(27-33-50)64-43-73-38-16-15-25-65(73)70-64/h5-29,31-35,37-43H,30,36H2,1-4H3. The lowest BCUT2D eigenvalue weighted by atomic mass is 9.77. The second kappa shape index (κ2) is 16.8. The van der Waals surface area contributed by atoms with Crippen LogP contribution in [0.5, 0.6) is 0 Å². The topological polar surface area (TPSA) is 46.3 Å². The van der Waals surface area contributed by atoms with Crippen LogP contribution in [0.15, 0.2) is 230 Å². The van der Waals surface area contributed by atoms with Gasteiger partial charge in [0, 0.05) is 57.0 Å². The molecule has 5 heteroatoms. The molecule has 3 heterocycles. The predicted molar refractivity (Wildman–Crippen MR) is 306 cm³/mol. The molecule has 0 saturated heterocycles. The van der Waals surface area contributed by atoms with Gasteiger partial charge in [-0.15, -0.1) is 0 Å². The predicted octanol–water partition coefficient (Wildman–Crippen LogP) is 17.6. The van der Waals surface area contributed by atoms with Gasteiger partial charge in [0.15, 0.2) is 0 Å². The number of hydrogen-bond donors (Lipinski definition) is 0. The van der Waals surface area contributed by atoms with Crippen LogP contribution >= 0.6 is 0 Å². The lowest BCUT2D eigenvalue weighted by Gasteiger charge is -2.27. The minimum atomic E-state index is -0.137. The van der Waals surface area contributed by atoms with E-state index in [1.165, 1.54) is 66.8 Å². The zero-order valence-electron chi connectivity index (χ0n) is 42.0. The van der Waals surface area contributed by atoms with Crippen LogP contribution in [-0.2, 0) is 10.8 Å². The Morgan fingerprint density at radius 3 is 1.68 bits per heavy atom. The van der Waals surface area contributed by atoms with Gasteiger partial charge in [0.25, 0.3) is 0 Å². The van der Waals surface area contributed by atoms with E-state index in [0.717, 1.165) is 80.4 Å². The summed E-state index contributed by atoms with van der Waals surface area (Å²) >= 11 is 0. The summed E-state index contributed by atoms with van der Waals surface area (Å²) in [6.07, 6.45) is 8.58. The first-order valence-corrected chi connectivity index (χ1v) is 25.9. The van der Waals surface area contributed by atoms with Crippen molar-refractivity contribution in [3.05, 3.63) is 258 Å². The summed E-state index contributed by atoms with van der Waals surface area (Å²) in [5.74, 6) is 0. The normalized spacial score (nSPS) is 14.9. The molecular formula is C69H53N5. The summed E-state index contributed by atoms with van der Waals surface area (Å²) in [5, 5.41) is 0. The van der Waals surface area contributed by atoms with Crippen LogP contribution in [-0.4, -0.2) is 19.4 Å². The van der Waals surface area contributed by atoms with Crippen molar-refractivity contribution < 1.29 is 0 Å². The highest BCUT2D eigenvalue weighted by Gasteiger charge is 2.39. The summed E-state index contributed by atoms with van der Waals surface area (Å²) in [4.78, 5) is 18.5. The molecule has 0 amide bonds. The average molecular weight is 952 g/mol. The van der Waals surface area contributed by atoms with Gasteiger partial charge in [-0.05, 0) is 146 Å². The number of fused-ring (bicyclic) bond motifs is 7. The fraction of sp³-hybridized carbons (Fsp3) is 0.116. The van der Waals surface area contributed by atoms with E-state index in [2.05, 4.69) is 237 Å². The highest BCUT2D eigenvalue weighted by molar-refractivity contribution is 5.98. The van der Waals surface area contributed by atoms with E-state index in [0.29, 0.717) is 0 Å². The van der Waals surface area contributed by atoms with Gasteiger partial charge < -0.3 is 9.30 Å². The van der Waals surface area contributed by atoms with Crippen molar-refractivity contribution in [1.82, 2.24) is 19.4 Å². The molecule has 0 fully saturated rings. The summed E-state index contributed by atoms with van der Waals surface area (Å²) in [5.41, 5.74) is 27.4. The molecule has 5 nitrogen and oxygen atoms in total. The average Bonchev–Trinajstić information content (AvgIpc) is 4.08. The van der Waals surface area contributed by atoms with Crippen LogP contribution in [0.2, 0.25) is 0 Å². The second-order valence-electron chi connectivity index (χ2n) is 21.2. The Balaban J connectivity index is 0.910. The number of rotatable bonds is 8. The van der Waals surface area contributed by atoms with Crippen molar-refractivity contribution >= 4 is 44.9 Å². The van der Waals surface area contributed by atoms with Crippen molar-refractivity contribution in [2.75, 3.05) is 4.90 Å². The molecule has 0 saturated carbocycles. The Hall–Kier alpha value is -8.93. The van der Waals surface area contributed by atoms with E-state index in [9.17, 15) is 0 Å². The number of pyridine rings is 1. The molecule has 11 aromatic rings. The fourth-order valence-electron chi connectivity index (χ4n) is 12.3. The van der Waals surface area contributed by atoms with Crippen LogP contribution in [0, 0.1) is 0 Å². The minimum absolute atomic E-state index is 0.0951. The largest absolute Gasteiger partial charge is 0.311 e. The number of allylic oxidation sites excluding steroid dienone is 4. The SMILES string of the molecule is CC1(C)C2=C(CCC(c3cc4nc(-c5ccccc5)c(-c5ccc(N(c6ccccc6)c6ccc(-c7cn8ccccc8n7)cc6)cc5)nc4cc3-c3ccc4c(c3)C(C)(C)c3ccccc3-4)=C2)c2ccccc21. The van der Waals surface area contributed by atoms with Crippen molar-refractivity contribution in [3.63, 3.8) is 0 Å². The van der Waals surface area contributed by atoms with Gasteiger partial charge in [-0.3, -0.25) is 0 Å². The van der Waals surface area contributed by atoms with E-state index in [1.807, 2.05) is 24.4 Å². The number of benzene rings is 8. The summed E-state index contributed by atoms with van der Waals surface area (Å²) in [6.45, 7) is 9.52. The maximum Gasteiger partial charge on any atom is 0.137 e. The molecule has 354 valence electrons. The Labute approximate surface area is 432 Å². The van der Waals surface area contributed by atoms with E-state index >= 15 is 0 Å². The monoisotopic (exact) mass is 951 g/mol. The molecule has 0 atom stereocenters. The molecule has 8 aromatic carbocycles. The quantitative estimate of drug-likeness (QED) is 0.152. The highest BCUT2D eigenvalue weighted by atomic mass is 15.1. The lowest BCUT2D eigenvalue weighted by Crippen LogP contribution is -2.17. The van der Waals surface area contributed by atoms with Crippen LogP contribution in [0.25, 0.3) is 83.9 Å². The van der Waals surface area contributed by atoms with E-state index in [4.69, 9.17) is 15.0 Å². The molecule has 3 aliphatic carbocycles. The number of anilines is 3. The van der Waals surface area contributed by atoms with Gasteiger partial charge in [-0.1, -0.05) is 173 Å². The van der Waals surface area contributed by atoms with Crippen molar-refractivity contribution in [2.45, 2.75) is 51.4 Å². The number of hydrogen-bond acceptors (Lipinski definition) is 4. The number of para-hydroxylation sites is 1. The molecule has 0 spiro atoms. The highest BCUT2D eigenvalue weighted by Crippen LogP contribution is 2.54. The third-order valence-corrected chi connectivity index (χ3v) is 16.2. The molecule has 0 bridgehead atoms. The molecule has 14 rings (SSSR count). The van der Waals surface area contributed by atoms with Gasteiger partial charge >= 0.3 is 0 Å². The van der Waals surface area contributed by atoms with Gasteiger partial charge in [0.1, 0.15) is 5.65 Å². The van der Waals surface area contributed by atoms with E-state index in [1.54, 1.807) is 0 Å². The molecule has 74 heavy (non-hydrogen) atoms. The second-order valence-corrected chi connectivity index (χ2v) is 21.2. The number of nitrogens with zero attached hydrogens (tertiary/aromatic N) is 5. The van der Waals surface area contributed by atoms with Gasteiger partial charge in [-0.2, -0.15) is 0 Å². The minimum Gasteiger partial charge on any atom is -0.311 e. The first kappa shape index (κ1) is 43.8. The lowest BCUT2D eigenvalue weighted by molar-refractivity contribution is 0.652. The summed E-state index contributed by atoms with van der Waals surface area (Å²) in [7, 11) is 0. The van der Waals surface area contributed by atoms with Gasteiger partial charge in [0.2, 0.25) is 0 Å². The van der Waals surface area contributed by atoms with Crippen LogP contribution in [0.3, 0.4) is 0 Å². The Morgan fingerprint density at radius 2 is 0.973 bits per heavy atom. The van der Waals surface area contributed by atoms with Gasteiger partial charge in [0.05, 0.1) is 28.1 Å². The Bertz CT molecular complexity index is 4070. The molecule has 0 aliphatic heterocycles. The van der Waals surface area contributed by atoms with Crippen molar-refractivity contribution in [1.29, 1.82) is 0 Å². The molecule has 3 aromatic heterocycles. The first-order chi connectivity index (χ1) is 36.2. The van der Waals surface area contributed by atoms with Crippen LogP contribution in [0.1, 0.15) is 68.4 Å². The smallest absolute Gasteiger partial charge is 0.137 e. The van der Waals surface area contributed by atoms with E-state index < -0.39 is 0 Å². The molecule has 3 aliphatic rings. The maximum atomic E-state index is 5.66. The summed E-state index contributed by atoms with van der Waals surface area (Å²) in [6, 6.07) is 74.4. The third-order valence-electron chi connectivity index (χ3n) is 16.2. The Morgan fingerprint density at radius 1 is 0.419 bits per heavy atom. The van der Waals surface area contributed by atoms with Crippen LogP contribution in [0.4, 0.5) is 17.1 Å². The molecule has 0 unspecified atom stereocenters. The molecule has 0 radical (unpaired) electrons. The van der Waals surface area contributed by atoms with E-state index in [-0.39, 0.29) is 10.8 Å². The Kier molecular flexibility index (Phi) is 9.97. The maximum absolute atomic E-state index is 5.66. The number of aromatic nitrogens is 4. The van der Waals surface area contributed by atoms with Crippen molar-refractivity contribution in [3.8, 4) is 56.0 Å². The summed E-state index contributed by atoms with van der Waals surface area (Å²) < 4.78 is 2.06. The fourth-order valence-corrected chi connectivity index (χ4v) is 12.3. The number of imidazole rings is 1. The zero-order chi connectivity index (χ0) is 49.7. The molecule has 0 N–H and O–H groups in total. The first-order valence-electron chi connectivity index (χ1n) is 25.9. The zero-order valence-corrected chi connectivity index (χ0v) is 42.0. The van der Waals surface area contributed by atoms with Crippen LogP contribution < -0.4 is 4.90 Å². The molecular weight excluding hydrogens is 899 g/mol. The van der Waals surface area contributed by atoms with Gasteiger partial charge in [-0.25, -0.2) is 15.0 Å². The van der Waals surface area contributed by atoms with Crippen molar-refractivity contribution in [2.24, 2.45) is 0 Å². The third kappa shape index (κ3) is 7.02.